The normalized spacial score (nSPS) is 16.3. The van der Waals surface area contributed by atoms with Gasteiger partial charge in [0.05, 0.1) is 5.56 Å². The van der Waals surface area contributed by atoms with E-state index < -0.39 is 0 Å². The molecule has 1 aromatic heterocycles. The molecule has 0 unspecified atom stereocenters. The highest BCUT2D eigenvalue weighted by atomic mass is 16.5. The van der Waals surface area contributed by atoms with E-state index in [2.05, 4.69) is 10.5 Å². The molecule has 2 aromatic rings. The Labute approximate surface area is 133 Å². The molecule has 1 N–H and O–H groups in total. The Morgan fingerprint density at radius 3 is 2.91 bits per heavy atom. The number of carbonyl (C=O) groups excluding carboxylic acids is 2. The second-order valence-corrected chi connectivity index (χ2v) is 5.86. The number of fused-ring (bicyclic) bond motifs is 1. The van der Waals surface area contributed by atoms with Crippen LogP contribution in [0.1, 0.15) is 46.5 Å². The second-order valence-electron chi connectivity index (χ2n) is 5.86. The number of rotatable bonds is 4. The number of Topliss-reactive ketones (excluding diaryl/α,β-unsaturated/α-hetero) is 1. The first-order valence-electron chi connectivity index (χ1n) is 7.48. The number of carbonyl (C=O) groups is 2. The number of hydrogen-bond acceptors (Lipinski definition) is 5. The highest BCUT2D eigenvalue weighted by Gasteiger charge is 2.31. The zero-order valence-electron chi connectivity index (χ0n) is 13.3. The number of amides is 1. The minimum absolute atomic E-state index is 0.0683. The molecule has 0 saturated carbocycles. The van der Waals surface area contributed by atoms with Crippen molar-refractivity contribution in [3.8, 4) is 5.75 Å². The Balaban J connectivity index is 1.72. The van der Waals surface area contributed by atoms with Crippen molar-refractivity contribution in [3.05, 3.63) is 40.6 Å². The van der Waals surface area contributed by atoms with Crippen molar-refractivity contribution in [2.75, 3.05) is 11.9 Å². The Morgan fingerprint density at radius 1 is 1.43 bits per heavy atom. The van der Waals surface area contributed by atoms with E-state index in [1.165, 1.54) is 0 Å². The first-order chi connectivity index (χ1) is 11.0. The SMILES string of the molecule is Cc1cc(NC(=O)COc2ccc(C)c3c2C(=O)C[C@@H]3C)no1. The molecule has 0 spiro atoms. The van der Waals surface area contributed by atoms with Crippen LogP contribution in [-0.2, 0) is 4.79 Å². The van der Waals surface area contributed by atoms with Gasteiger partial charge in [0.25, 0.3) is 5.91 Å². The maximum Gasteiger partial charge on any atom is 0.263 e. The van der Waals surface area contributed by atoms with Gasteiger partial charge in [-0.3, -0.25) is 9.59 Å². The van der Waals surface area contributed by atoms with Crippen LogP contribution in [0.15, 0.2) is 22.7 Å². The van der Waals surface area contributed by atoms with E-state index in [4.69, 9.17) is 9.26 Å². The fourth-order valence-electron chi connectivity index (χ4n) is 2.98. The molecule has 0 aliphatic heterocycles. The zero-order valence-corrected chi connectivity index (χ0v) is 13.3. The lowest BCUT2D eigenvalue weighted by Gasteiger charge is -2.13. The van der Waals surface area contributed by atoms with Gasteiger partial charge in [0.2, 0.25) is 0 Å². The van der Waals surface area contributed by atoms with Crippen molar-refractivity contribution in [3.63, 3.8) is 0 Å². The van der Waals surface area contributed by atoms with Crippen molar-refractivity contribution in [1.29, 1.82) is 0 Å². The summed E-state index contributed by atoms with van der Waals surface area (Å²) in [5, 5.41) is 6.26. The van der Waals surface area contributed by atoms with Crippen LogP contribution >= 0.6 is 0 Å². The highest BCUT2D eigenvalue weighted by molar-refractivity contribution is 6.04. The monoisotopic (exact) mass is 314 g/mol. The number of ether oxygens (including phenoxy) is 1. The molecular formula is C17H18N2O4. The molecule has 1 amide bonds. The molecule has 6 nitrogen and oxygen atoms in total. The Hall–Kier alpha value is -2.63. The third-order valence-corrected chi connectivity index (χ3v) is 3.94. The van der Waals surface area contributed by atoms with E-state index in [9.17, 15) is 9.59 Å². The number of anilines is 1. The molecule has 1 aliphatic rings. The number of aryl methyl sites for hydroxylation is 2. The van der Waals surface area contributed by atoms with E-state index in [1.54, 1.807) is 19.1 Å². The minimum atomic E-state index is -0.355. The van der Waals surface area contributed by atoms with E-state index in [1.807, 2.05) is 19.9 Å². The van der Waals surface area contributed by atoms with Gasteiger partial charge in [-0.25, -0.2) is 0 Å². The summed E-state index contributed by atoms with van der Waals surface area (Å²) < 4.78 is 10.4. The van der Waals surface area contributed by atoms with E-state index in [-0.39, 0.29) is 24.2 Å². The van der Waals surface area contributed by atoms with E-state index in [0.717, 1.165) is 11.1 Å². The maximum atomic E-state index is 12.2. The van der Waals surface area contributed by atoms with Crippen LogP contribution in [0, 0.1) is 13.8 Å². The van der Waals surface area contributed by atoms with Gasteiger partial charge < -0.3 is 14.6 Å². The molecular weight excluding hydrogens is 296 g/mol. The van der Waals surface area contributed by atoms with Crippen LogP contribution in [0.2, 0.25) is 0 Å². The summed E-state index contributed by atoms with van der Waals surface area (Å²) in [4.78, 5) is 24.1. The van der Waals surface area contributed by atoms with Gasteiger partial charge in [-0.2, -0.15) is 0 Å². The molecule has 1 atom stereocenters. The number of aromatic nitrogens is 1. The third kappa shape index (κ3) is 2.97. The van der Waals surface area contributed by atoms with Gasteiger partial charge in [-0.05, 0) is 37.0 Å². The number of hydrogen-bond donors (Lipinski definition) is 1. The van der Waals surface area contributed by atoms with E-state index >= 15 is 0 Å². The second kappa shape index (κ2) is 5.87. The largest absolute Gasteiger partial charge is 0.483 e. The van der Waals surface area contributed by atoms with Crippen molar-refractivity contribution < 1.29 is 18.8 Å². The molecule has 0 saturated heterocycles. The summed E-state index contributed by atoms with van der Waals surface area (Å²) in [7, 11) is 0. The van der Waals surface area contributed by atoms with Gasteiger partial charge in [-0.15, -0.1) is 0 Å². The van der Waals surface area contributed by atoms with Crippen LogP contribution < -0.4 is 10.1 Å². The number of nitrogens with zero attached hydrogens (tertiary/aromatic N) is 1. The third-order valence-electron chi connectivity index (χ3n) is 3.94. The fraction of sp³-hybridized carbons (Fsp3) is 0.353. The summed E-state index contributed by atoms with van der Waals surface area (Å²) in [5.41, 5.74) is 2.72. The summed E-state index contributed by atoms with van der Waals surface area (Å²) in [5.74, 6) is 1.32. The predicted octanol–water partition coefficient (Wildman–Crippen LogP) is 3.00. The molecule has 23 heavy (non-hydrogen) atoms. The Kier molecular flexibility index (Phi) is 3.90. The Morgan fingerprint density at radius 2 is 2.22 bits per heavy atom. The van der Waals surface area contributed by atoms with Gasteiger partial charge in [0.1, 0.15) is 11.5 Å². The maximum absolute atomic E-state index is 12.2. The number of ketones is 1. The molecule has 6 heteroatoms. The van der Waals surface area contributed by atoms with Crippen LogP contribution in [-0.4, -0.2) is 23.5 Å². The van der Waals surface area contributed by atoms with Gasteiger partial charge >= 0.3 is 0 Å². The summed E-state index contributed by atoms with van der Waals surface area (Å²) in [6, 6.07) is 5.28. The van der Waals surface area contributed by atoms with E-state index in [0.29, 0.717) is 29.3 Å². The van der Waals surface area contributed by atoms with Crippen molar-refractivity contribution in [2.24, 2.45) is 0 Å². The van der Waals surface area contributed by atoms with Gasteiger partial charge in [0.15, 0.2) is 18.2 Å². The number of benzene rings is 1. The lowest BCUT2D eigenvalue weighted by Crippen LogP contribution is -2.21. The topological polar surface area (TPSA) is 81.4 Å². The lowest BCUT2D eigenvalue weighted by molar-refractivity contribution is -0.118. The summed E-state index contributed by atoms with van der Waals surface area (Å²) in [6.07, 6.45) is 0.487. The molecule has 0 bridgehead atoms. The van der Waals surface area contributed by atoms with Crippen LogP contribution in [0.3, 0.4) is 0 Å². The predicted molar refractivity (Wildman–Crippen MR) is 83.9 cm³/mol. The smallest absolute Gasteiger partial charge is 0.263 e. The average Bonchev–Trinajstić information content (AvgIpc) is 3.02. The van der Waals surface area contributed by atoms with Crippen LogP contribution in [0.25, 0.3) is 0 Å². The van der Waals surface area contributed by atoms with Gasteiger partial charge in [-0.1, -0.05) is 18.1 Å². The number of nitrogens with one attached hydrogen (secondary N) is 1. The Bertz CT molecular complexity index is 779. The molecule has 1 aliphatic carbocycles. The highest BCUT2D eigenvalue weighted by Crippen LogP contribution is 2.40. The summed E-state index contributed by atoms with van der Waals surface area (Å²) in [6.45, 7) is 5.56. The first-order valence-corrected chi connectivity index (χ1v) is 7.48. The molecule has 0 radical (unpaired) electrons. The van der Waals surface area contributed by atoms with Crippen molar-refractivity contribution >= 4 is 17.5 Å². The fourth-order valence-corrected chi connectivity index (χ4v) is 2.98. The quantitative estimate of drug-likeness (QED) is 0.938. The van der Waals surface area contributed by atoms with Crippen molar-refractivity contribution in [1.82, 2.24) is 5.16 Å². The van der Waals surface area contributed by atoms with Gasteiger partial charge in [0, 0.05) is 12.5 Å². The standard InChI is InChI=1S/C17H18N2O4/c1-9-4-5-13(17-12(20)6-10(2)16(9)17)22-8-15(21)18-14-7-11(3)23-19-14/h4-5,7,10H,6,8H2,1-3H3,(H,18,19,21)/t10-/m0/s1. The van der Waals surface area contributed by atoms with Crippen molar-refractivity contribution in [2.45, 2.75) is 33.1 Å². The molecule has 0 fully saturated rings. The lowest BCUT2D eigenvalue weighted by atomic mass is 9.97. The zero-order chi connectivity index (χ0) is 16.6. The first kappa shape index (κ1) is 15.3. The molecule has 120 valence electrons. The average molecular weight is 314 g/mol. The summed E-state index contributed by atoms with van der Waals surface area (Å²) >= 11 is 0. The molecule has 1 heterocycles. The molecule has 1 aromatic carbocycles. The molecule has 3 rings (SSSR count). The van der Waals surface area contributed by atoms with Crippen LogP contribution in [0.4, 0.5) is 5.82 Å². The minimum Gasteiger partial charge on any atom is -0.483 e. The van der Waals surface area contributed by atoms with Crippen LogP contribution in [0.5, 0.6) is 5.75 Å².